The molecule has 0 atom stereocenters. The third-order valence-corrected chi connectivity index (χ3v) is 1.91. The molecule has 86 valence electrons. The van der Waals surface area contributed by atoms with Crippen LogP contribution in [-0.2, 0) is 4.79 Å². The molecule has 0 unspecified atom stereocenters. The topological polar surface area (TPSA) is 63.4 Å². The van der Waals surface area contributed by atoms with E-state index >= 15 is 0 Å². The molecule has 4 nitrogen and oxygen atoms in total. The number of rotatable bonds is 3. The molecule has 0 bridgehead atoms. The first-order chi connectivity index (χ1) is 7.41. The van der Waals surface area contributed by atoms with Crippen molar-refractivity contribution in [3.8, 4) is 0 Å². The van der Waals surface area contributed by atoms with Crippen molar-refractivity contribution >= 4 is 11.8 Å². The Morgan fingerprint density at radius 2 is 1.94 bits per heavy atom. The number of benzene rings is 1. The van der Waals surface area contributed by atoms with Gasteiger partial charge in [0.25, 0.3) is 5.91 Å². The maximum atomic E-state index is 12.8. The average molecular weight is 228 g/mol. The third kappa shape index (κ3) is 2.75. The van der Waals surface area contributed by atoms with E-state index in [9.17, 15) is 18.4 Å². The third-order valence-electron chi connectivity index (χ3n) is 1.91. The minimum atomic E-state index is -1.11. The van der Waals surface area contributed by atoms with Crippen LogP contribution in [0.2, 0.25) is 0 Å². The number of likely N-dealkylation sites (N-methyl/N-ethyl adjacent to an activating group) is 1. The first kappa shape index (κ1) is 12.1. The van der Waals surface area contributed by atoms with Gasteiger partial charge in [-0.1, -0.05) is 0 Å². The highest BCUT2D eigenvalue weighted by atomic mass is 19.2. The fourth-order valence-corrected chi connectivity index (χ4v) is 1.16. The van der Waals surface area contributed by atoms with Crippen LogP contribution in [0, 0.1) is 11.6 Å². The monoisotopic (exact) mass is 228 g/mol. The Kier molecular flexibility index (Phi) is 3.55. The summed E-state index contributed by atoms with van der Waals surface area (Å²) in [4.78, 5) is 23.2. The number of nitrogens with zero attached hydrogens (tertiary/aromatic N) is 1. The Labute approximate surface area is 90.6 Å². The van der Waals surface area contributed by atoms with Crippen molar-refractivity contribution in [3.63, 3.8) is 0 Å². The molecule has 1 aromatic carbocycles. The van der Waals surface area contributed by atoms with Gasteiger partial charge in [0.05, 0.1) is 6.54 Å². The van der Waals surface area contributed by atoms with E-state index in [-0.39, 0.29) is 12.1 Å². The van der Waals surface area contributed by atoms with Crippen molar-refractivity contribution in [1.29, 1.82) is 0 Å². The van der Waals surface area contributed by atoms with Gasteiger partial charge in [-0.05, 0) is 18.2 Å². The van der Waals surface area contributed by atoms with Crippen LogP contribution in [0.15, 0.2) is 18.2 Å². The zero-order valence-corrected chi connectivity index (χ0v) is 8.54. The van der Waals surface area contributed by atoms with Crippen molar-refractivity contribution in [2.24, 2.45) is 5.73 Å². The summed E-state index contributed by atoms with van der Waals surface area (Å²) in [7, 11) is 1.34. The standard InChI is InChI=1S/C10H10F2N2O2/c1-14(5-9(13)15)10(16)6-2-3-7(11)8(12)4-6/h2-4H,5H2,1H3,(H2,13,15). The fraction of sp³-hybridized carbons (Fsp3) is 0.200. The minimum absolute atomic E-state index is 0.0392. The summed E-state index contributed by atoms with van der Waals surface area (Å²) in [6, 6.07) is 2.76. The Morgan fingerprint density at radius 3 is 2.44 bits per heavy atom. The quantitative estimate of drug-likeness (QED) is 0.819. The van der Waals surface area contributed by atoms with Gasteiger partial charge in [-0.2, -0.15) is 0 Å². The Bertz CT molecular complexity index is 435. The molecule has 16 heavy (non-hydrogen) atoms. The fourth-order valence-electron chi connectivity index (χ4n) is 1.16. The summed E-state index contributed by atoms with van der Waals surface area (Å²) in [6.45, 7) is -0.280. The van der Waals surface area contributed by atoms with E-state index in [1.165, 1.54) is 7.05 Å². The van der Waals surface area contributed by atoms with E-state index in [4.69, 9.17) is 5.73 Å². The summed E-state index contributed by atoms with van der Waals surface area (Å²) in [5, 5.41) is 0. The first-order valence-corrected chi connectivity index (χ1v) is 4.40. The zero-order valence-electron chi connectivity index (χ0n) is 8.54. The lowest BCUT2D eigenvalue weighted by Gasteiger charge is -2.14. The summed E-state index contributed by atoms with van der Waals surface area (Å²) in [6.07, 6.45) is 0. The largest absolute Gasteiger partial charge is 0.368 e. The molecule has 0 aliphatic carbocycles. The number of hydrogen-bond acceptors (Lipinski definition) is 2. The van der Waals surface area contributed by atoms with Crippen LogP contribution in [0.25, 0.3) is 0 Å². The van der Waals surface area contributed by atoms with Crippen LogP contribution in [0.3, 0.4) is 0 Å². The molecular formula is C10H10F2N2O2. The van der Waals surface area contributed by atoms with Crippen molar-refractivity contribution in [2.45, 2.75) is 0 Å². The van der Waals surface area contributed by atoms with Gasteiger partial charge in [0.1, 0.15) is 0 Å². The van der Waals surface area contributed by atoms with Gasteiger partial charge in [-0.3, -0.25) is 9.59 Å². The smallest absolute Gasteiger partial charge is 0.254 e. The second-order valence-corrected chi connectivity index (χ2v) is 3.26. The maximum Gasteiger partial charge on any atom is 0.254 e. The predicted octanol–water partition coefficient (Wildman–Crippen LogP) is 0.522. The van der Waals surface area contributed by atoms with Gasteiger partial charge >= 0.3 is 0 Å². The lowest BCUT2D eigenvalue weighted by atomic mass is 10.2. The van der Waals surface area contributed by atoms with Crippen LogP contribution < -0.4 is 5.73 Å². The van der Waals surface area contributed by atoms with Crippen LogP contribution >= 0.6 is 0 Å². The van der Waals surface area contributed by atoms with E-state index in [1.807, 2.05) is 0 Å². The van der Waals surface area contributed by atoms with Crippen LogP contribution in [-0.4, -0.2) is 30.3 Å². The van der Waals surface area contributed by atoms with E-state index in [0.717, 1.165) is 23.1 Å². The highest BCUT2D eigenvalue weighted by Gasteiger charge is 2.15. The zero-order chi connectivity index (χ0) is 12.3. The van der Waals surface area contributed by atoms with E-state index in [0.29, 0.717) is 0 Å². The van der Waals surface area contributed by atoms with Crippen LogP contribution in [0.1, 0.15) is 10.4 Å². The lowest BCUT2D eigenvalue weighted by Crippen LogP contribution is -2.35. The molecule has 0 aliphatic heterocycles. The number of hydrogen-bond donors (Lipinski definition) is 1. The van der Waals surface area contributed by atoms with Crippen LogP contribution in [0.4, 0.5) is 8.78 Å². The second kappa shape index (κ2) is 4.69. The minimum Gasteiger partial charge on any atom is -0.368 e. The summed E-state index contributed by atoms with van der Waals surface area (Å²) >= 11 is 0. The molecule has 0 aromatic heterocycles. The van der Waals surface area contributed by atoms with Crippen molar-refractivity contribution in [2.75, 3.05) is 13.6 Å². The van der Waals surface area contributed by atoms with Gasteiger partial charge in [0.15, 0.2) is 11.6 Å². The van der Waals surface area contributed by atoms with Gasteiger partial charge in [-0.15, -0.1) is 0 Å². The Morgan fingerprint density at radius 1 is 1.31 bits per heavy atom. The molecule has 2 N–H and O–H groups in total. The molecule has 0 saturated heterocycles. The Balaban J connectivity index is 2.88. The lowest BCUT2D eigenvalue weighted by molar-refractivity contribution is -0.118. The van der Waals surface area contributed by atoms with Gasteiger partial charge in [0.2, 0.25) is 5.91 Å². The molecule has 0 radical (unpaired) electrons. The summed E-state index contributed by atoms with van der Waals surface area (Å²) in [5.41, 5.74) is 4.86. The second-order valence-electron chi connectivity index (χ2n) is 3.26. The van der Waals surface area contributed by atoms with Crippen molar-refractivity contribution in [1.82, 2.24) is 4.90 Å². The SMILES string of the molecule is CN(CC(N)=O)C(=O)c1ccc(F)c(F)c1. The molecule has 0 saturated carbocycles. The molecule has 2 amide bonds. The maximum absolute atomic E-state index is 12.8. The van der Waals surface area contributed by atoms with E-state index in [2.05, 4.69) is 0 Å². The molecule has 0 heterocycles. The molecule has 6 heteroatoms. The number of carbonyl (C=O) groups excluding carboxylic acids is 2. The van der Waals surface area contributed by atoms with E-state index in [1.54, 1.807) is 0 Å². The summed E-state index contributed by atoms with van der Waals surface area (Å²) in [5.74, 6) is -3.43. The van der Waals surface area contributed by atoms with Gasteiger partial charge in [0, 0.05) is 12.6 Å². The van der Waals surface area contributed by atoms with Crippen molar-refractivity contribution in [3.05, 3.63) is 35.4 Å². The number of carbonyl (C=O) groups is 2. The highest BCUT2D eigenvalue weighted by molar-refractivity contribution is 5.96. The molecule has 1 rings (SSSR count). The average Bonchev–Trinajstić information content (AvgIpc) is 2.20. The van der Waals surface area contributed by atoms with Gasteiger partial charge < -0.3 is 10.6 Å². The Hall–Kier alpha value is -1.98. The van der Waals surface area contributed by atoms with Crippen molar-refractivity contribution < 1.29 is 18.4 Å². The first-order valence-electron chi connectivity index (χ1n) is 4.40. The number of nitrogens with two attached hydrogens (primary N) is 1. The number of halogens is 2. The molecule has 0 aliphatic rings. The normalized spacial score (nSPS) is 9.94. The molecule has 1 aromatic rings. The molecular weight excluding hydrogens is 218 g/mol. The number of amides is 2. The number of primary amides is 1. The molecule has 0 spiro atoms. The summed E-state index contributed by atoms with van der Waals surface area (Å²) < 4.78 is 25.4. The van der Waals surface area contributed by atoms with E-state index < -0.39 is 23.4 Å². The molecule has 0 fully saturated rings. The predicted molar refractivity (Wildman–Crippen MR) is 52.5 cm³/mol. The van der Waals surface area contributed by atoms with Gasteiger partial charge in [-0.25, -0.2) is 8.78 Å². The highest BCUT2D eigenvalue weighted by Crippen LogP contribution is 2.10. The van der Waals surface area contributed by atoms with Crippen LogP contribution in [0.5, 0.6) is 0 Å².